The van der Waals surface area contributed by atoms with Gasteiger partial charge in [0.25, 0.3) is 0 Å². The van der Waals surface area contributed by atoms with Gasteiger partial charge in [0, 0.05) is 31.2 Å². The van der Waals surface area contributed by atoms with Crippen LogP contribution >= 0.6 is 0 Å². The van der Waals surface area contributed by atoms with Crippen molar-refractivity contribution >= 4 is 0 Å². The highest BCUT2D eigenvalue weighted by atomic mass is 15.3. The molecule has 1 aliphatic heterocycles. The van der Waals surface area contributed by atoms with Crippen LogP contribution < -0.4 is 5.32 Å². The summed E-state index contributed by atoms with van der Waals surface area (Å²) in [5.74, 6) is 1.76. The van der Waals surface area contributed by atoms with Crippen LogP contribution in [0.4, 0.5) is 0 Å². The fraction of sp³-hybridized carbons (Fsp3) is 1.00. The van der Waals surface area contributed by atoms with Crippen molar-refractivity contribution in [2.24, 2.45) is 11.8 Å². The normalized spacial score (nSPS) is 33.0. The lowest BCUT2D eigenvalue weighted by Crippen LogP contribution is -2.61. The van der Waals surface area contributed by atoms with Crippen LogP contribution in [0.1, 0.15) is 72.6 Å². The van der Waals surface area contributed by atoms with Crippen LogP contribution in [-0.2, 0) is 0 Å². The molecule has 1 heterocycles. The summed E-state index contributed by atoms with van der Waals surface area (Å²) in [6.07, 6.45) is 9.99. The zero-order chi connectivity index (χ0) is 14.5. The number of nitrogens with one attached hydrogen (secondary N) is 1. The summed E-state index contributed by atoms with van der Waals surface area (Å²) in [5, 5.41) is 3.79. The molecular formula is C18H36N2. The van der Waals surface area contributed by atoms with Gasteiger partial charge in [0.2, 0.25) is 0 Å². The first-order valence-corrected chi connectivity index (χ1v) is 9.16. The van der Waals surface area contributed by atoms with E-state index in [0.29, 0.717) is 12.1 Å². The van der Waals surface area contributed by atoms with E-state index in [1.807, 2.05) is 0 Å². The average molecular weight is 280 g/mol. The van der Waals surface area contributed by atoms with Gasteiger partial charge in [0.05, 0.1) is 0 Å². The molecule has 2 fully saturated rings. The Labute approximate surface area is 126 Å². The van der Waals surface area contributed by atoms with Crippen LogP contribution in [-0.4, -0.2) is 36.1 Å². The molecule has 0 aromatic heterocycles. The van der Waals surface area contributed by atoms with Gasteiger partial charge in [-0.2, -0.15) is 0 Å². The molecule has 2 nitrogen and oxygen atoms in total. The summed E-state index contributed by atoms with van der Waals surface area (Å²) in [5.41, 5.74) is 0. The zero-order valence-corrected chi connectivity index (χ0v) is 14.2. The molecular weight excluding hydrogens is 244 g/mol. The lowest BCUT2D eigenvalue weighted by molar-refractivity contribution is 0.0345. The van der Waals surface area contributed by atoms with Gasteiger partial charge in [-0.15, -0.1) is 0 Å². The first kappa shape index (κ1) is 16.3. The molecule has 1 aliphatic carbocycles. The first-order valence-electron chi connectivity index (χ1n) is 9.16. The first-order chi connectivity index (χ1) is 9.67. The minimum absolute atomic E-state index is 0.703. The van der Waals surface area contributed by atoms with E-state index in [-0.39, 0.29) is 0 Å². The van der Waals surface area contributed by atoms with Crippen molar-refractivity contribution in [3.05, 3.63) is 0 Å². The highest BCUT2D eigenvalue weighted by Crippen LogP contribution is 2.32. The number of hydrogen-bond acceptors (Lipinski definition) is 2. The summed E-state index contributed by atoms with van der Waals surface area (Å²) in [6, 6.07) is 2.25. The summed E-state index contributed by atoms with van der Waals surface area (Å²) >= 11 is 0. The molecule has 0 spiro atoms. The molecule has 1 saturated carbocycles. The van der Waals surface area contributed by atoms with Crippen LogP contribution in [0.5, 0.6) is 0 Å². The van der Waals surface area contributed by atoms with E-state index in [9.17, 15) is 0 Å². The Bertz CT molecular complexity index is 273. The second kappa shape index (κ2) is 7.79. The maximum absolute atomic E-state index is 3.79. The van der Waals surface area contributed by atoms with Crippen LogP contribution in [0, 0.1) is 11.8 Å². The van der Waals surface area contributed by atoms with Gasteiger partial charge >= 0.3 is 0 Å². The molecule has 4 atom stereocenters. The van der Waals surface area contributed by atoms with Gasteiger partial charge in [-0.05, 0) is 38.0 Å². The minimum atomic E-state index is 0.703. The smallest absolute Gasteiger partial charge is 0.0221 e. The average Bonchev–Trinajstić information content (AvgIpc) is 2.50. The molecule has 2 aliphatic rings. The second-order valence-corrected chi connectivity index (χ2v) is 7.32. The third-order valence-corrected chi connectivity index (χ3v) is 6.02. The van der Waals surface area contributed by atoms with Crippen LogP contribution in [0.15, 0.2) is 0 Å². The third kappa shape index (κ3) is 3.76. The summed E-state index contributed by atoms with van der Waals surface area (Å²) in [4.78, 5) is 2.86. The number of rotatable bonds is 5. The van der Waals surface area contributed by atoms with E-state index in [1.165, 1.54) is 58.0 Å². The van der Waals surface area contributed by atoms with E-state index in [4.69, 9.17) is 0 Å². The summed E-state index contributed by atoms with van der Waals surface area (Å²) in [7, 11) is 0. The fourth-order valence-electron chi connectivity index (χ4n) is 4.40. The predicted octanol–water partition coefficient (Wildman–Crippen LogP) is 4.05. The van der Waals surface area contributed by atoms with Gasteiger partial charge in [-0.25, -0.2) is 0 Å². The van der Waals surface area contributed by atoms with Gasteiger partial charge < -0.3 is 5.32 Å². The zero-order valence-electron chi connectivity index (χ0n) is 14.2. The van der Waals surface area contributed by atoms with E-state index < -0.39 is 0 Å². The molecule has 2 rings (SSSR count). The molecule has 0 bridgehead atoms. The molecule has 1 N–H and O–H groups in total. The summed E-state index contributed by atoms with van der Waals surface area (Å²) < 4.78 is 0. The Kier molecular flexibility index (Phi) is 6.35. The Morgan fingerprint density at radius 3 is 2.40 bits per heavy atom. The molecule has 118 valence electrons. The van der Waals surface area contributed by atoms with Gasteiger partial charge in [0.1, 0.15) is 0 Å². The molecule has 0 radical (unpaired) electrons. The minimum Gasteiger partial charge on any atom is -0.311 e. The maximum Gasteiger partial charge on any atom is 0.0221 e. The standard InChI is InChI=1S/C18H36N2/c1-5-14(3)17-13-20(15(4)12-19-17)18(6-2)16-10-8-7-9-11-16/h14-19H,5-13H2,1-4H3. The molecule has 1 saturated heterocycles. The van der Waals surface area contributed by atoms with Crippen LogP contribution in [0.2, 0.25) is 0 Å². The van der Waals surface area contributed by atoms with E-state index in [0.717, 1.165) is 17.9 Å². The molecule has 4 unspecified atom stereocenters. The highest BCUT2D eigenvalue weighted by Gasteiger charge is 2.35. The topological polar surface area (TPSA) is 15.3 Å². The maximum atomic E-state index is 3.79. The molecule has 0 amide bonds. The van der Waals surface area contributed by atoms with Gasteiger partial charge in [-0.1, -0.05) is 46.5 Å². The Morgan fingerprint density at radius 1 is 1.10 bits per heavy atom. The van der Waals surface area contributed by atoms with E-state index >= 15 is 0 Å². The number of nitrogens with zero attached hydrogens (tertiary/aromatic N) is 1. The van der Waals surface area contributed by atoms with Gasteiger partial charge in [-0.3, -0.25) is 4.90 Å². The van der Waals surface area contributed by atoms with Gasteiger partial charge in [0.15, 0.2) is 0 Å². The molecule has 2 heteroatoms. The monoisotopic (exact) mass is 280 g/mol. The van der Waals surface area contributed by atoms with Crippen molar-refractivity contribution in [1.29, 1.82) is 0 Å². The van der Waals surface area contributed by atoms with Crippen molar-refractivity contribution in [1.82, 2.24) is 10.2 Å². The quantitative estimate of drug-likeness (QED) is 0.817. The van der Waals surface area contributed by atoms with E-state index in [1.54, 1.807) is 0 Å². The second-order valence-electron chi connectivity index (χ2n) is 7.32. The van der Waals surface area contributed by atoms with Crippen molar-refractivity contribution < 1.29 is 0 Å². The van der Waals surface area contributed by atoms with Crippen molar-refractivity contribution in [3.8, 4) is 0 Å². The Morgan fingerprint density at radius 2 is 1.80 bits per heavy atom. The molecule has 0 aromatic carbocycles. The largest absolute Gasteiger partial charge is 0.311 e. The molecule has 0 aromatic rings. The molecule has 20 heavy (non-hydrogen) atoms. The van der Waals surface area contributed by atoms with Crippen molar-refractivity contribution in [2.75, 3.05) is 13.1 Å². The Hall–Kier alpha value is -0.0800. The van der Waals surface area contributed by atoms with E-state index in [2.05, 4.69) is 37.9 Å². The third-order valence-electron chi connectivity index (χ3n) is 6.02. The van der Waals surface area contributed by atoms with Crippen LogP contribution in [0.3, 0.4) is 0 Å². The predicted molar refractivity (Wildman–Crippen MR) is 88.1 cm³/mol. The van der Waals surface area contributed by atoms with Crippen molar-refractivity contribution in [3.63, 3.8) is 0 Å². The number of hydrogen-bond donors (Lipinski definition) is 1. The van der Waals surface area contributed by atoms with Crippen molar-refractivity contribution in [2.45, 2.75) is 90.8 Å². The van der Waals surface area contributed by atoms with Crippen LogP contribution in [0.25, 0.3) is 0 Å². The Balaban J connectivity index is 2.01. The SMILES string of the molecule is CCC(C)C1CN(C(CC)C2CCCCC2)C(C)CN1. The number of piperazine rings is 1. The fourth-order valence-corrected chi connectivity index (χ4v) is 4.40. The lowest BCUT2D eigenvalue weighted by atomic mass is 9.81. The highest BCUT2D eigenvalue weighted by molar-refractivity contribution is 4.92. The lowest BCUT2D eigenvalue weighted by Gasteiger charge is -2.48. The summed E-state index contributed by atoms with van der Waals surface area (Å²) in [6.45, 7) is 12.0.